The molecule has 112 valence electrons. The number of benzene rings is 1. The molecular formula is C18H29NO. The Labute approximate surface area is 123 Å². The van der Waals surface area contributed by atoms with Crippen LogP contribution in [0.25, 0.3) is 0 Å². The molecule has 0 aromatic heterocycles. The summed E-state index contributed by atoms with van der Waals surface area (Å²) in [4.78, 5) is 0. The molecule has 1 aliphatic heterocycles. The fourth-order valence-electron chi connectivity index (χ4n) is 3.24. The highest BCUT2D eigenvalue weighted by atomic mass is 16.5. The lowest BCUT2D eigenvalue weighted by Crippen LogP contribution is -2.45. The lowest BCUT2D eigenvalue weighted by atomic mass is 9.83. The minimum Gasteiger partial charge on any atom is -0.373 e. The predicted molar refractivity (Wildman–Crippen MR) is 85.1 cm³/mol. The number of hydrogen-bond acceptors (Lipinski definition) is 2. The summed E-state index contributed by atoms with van der Waals surface area (Å²) in [7, 11) is 0. The van der Waals surface area contributed by atoms with Crippen LogP contribution in [0, 0.1) is 0 Å². The summed E-state index contributed by atoms with van der Waals surface area (Å²) in [6, 6.07) is 9.40. The van der Waals surface area contributed by atoms with Crippen molar-refractivity contribution in [3.63, 3.8) is 0 Å². The third-order valence-corrected chi connectivity index (χ3v) is 4.37. The largest absolute Gasteiger partial charge is 0.373 e. The molecule has 0 aliphatic carbocycles. The van der Waals surface area contributed by atoms with Crippen molar-refractivity contribution in [3.8, 4) is 0 Å². The van der Waals surface area contributed by atoms with Gasteiger partial charge >= 0.3 is 0 Å². The second kappa shape index (κ2) is 7.24. The number of likely N-dealkylation sites (N-methyl/N-ethyl adjacent to an activating group) is 1. The third-order valence-electron chi connectivity index (χ3n) is 4.37. The fraction of sp³-hybridized carbons (Fsp3) is 0.667. The van der Waals surface area contributed by atoms with E-state index in [9.17, 15) is 0 Å². The van der Waals surface area contributed by atoms with E-state index in [2.05, 4.69) is 50.4 Å². The Morgan fingerprint density at radius 2 is 1.95 bits per heavy atom. The summed E-state index contributed by atoms with van der Waals surface area (Å²) < 4.78 is 6.15. The molecular weight excluding hydrogens is 246 g/mol. The molecule has 1 aromatic carbocycles. The molecule has 0 bridgehead atoms. The van der Waals surface area contributed by atoms with Gasteiger partial charge in [0.1, 0.15) is 0 Å². The lowest BCUT2D eigenvalue weighted by molar-refractivity contribution is -0.0895. The zero-order chi connectivity index (χ0) is 14.4. The van der Waals surface area contributed by atoms with Crippen LogP contribution in [0.3, 0.4) is 0 Å². The van der Waals surface area contributed by atoms with Crippen LogP contribution in [0.1, 0.15) is 63.6 Å². The number of nitrogens with one attached hydrogen (secondary N) is 1. The van der Waals surface area contributed by atoms with Gasteiger partial charge in [0.05, 0.1) is 11.6 Å². The molecule has 2 rings (SSSR count). The minimum atomic E-state index is -0.0689. The maximum Gasteiger partial charge on any atom is 0.0848 e. The van der Waals surface area contributed by atoms with Crippen molar-refractivity contribution >= 4 is 0 Å². The molecule has 0 saturated carbocycles. The van der Waals surface area contributed by atoms with Crippen molar-refractivity contribution in [1.29, 1.82) is 0 Å². The Morgan fingerprint density at radius 1 is 1.20 bits per heavy atom. The van der Waals surface area contributed by atoms with E-state index in [1.54, 1.807) is 0 Å². The van der Waals surface area contributed by atoms with Crippen molar-refractivity contribution in [1.82, 2.24) is 5.32 Å². The van der Waals surface area contributed by atoms with Crippen LogP contribution >= 0.6 is 0 Å². The first-order chi connectivity index (χ1) is 9.69. The molecule has 1 N–H and O–H groups in total. The van der Waals surface area contributed by atoms with Gasteiger partial charge in [-0.15, -0.1) is 0 Å². The first-order valence-corrected chi connectivity index (χ1v) is 8.16. The molecule has 1 aliphatic rings. The Hall–Kier alpha value is -0.860. The summed E-state index contributed by atoms with van der Waals surface area (Å²) in [5, 5.41) is 3.64. The zero-order valence-corrected chi connectivity index (χ0v) is 13.2. The molecule has 20 heavy (non-hydrogen) atoms. The normalized spacial score (nSPS) is 24.6. The second-order valence-electron chi connectivity index (χ2n) is 6.10. The van der Waals surface area contributed by atoms with E-state index < -0.39 is 0 Å². The molecule has 2 nitrogen and oxygen atoms in total. The maximum absolute atomic E-state index is 6.15. The van der Waals surface area contributed by atoms with Crippen molar-refractivity contribution in [2.75, 3.05) is 13.2 Å². The fourth-order valence-corrected chi connectivity index (χ4v) is 3.24. The van der Waals surface area contributed by atoms with E-state index in [0.29, 0.717) is 6.04 Å². The van der Waals surface area contributed by atoms with Crippen molar-refractivity contribution in [2.45, 2.75) is 64.5 Å². The monoisotopic (exact) mass is 275 g/mol. The van der Waals surface area contributed by atoms with E-state index in [4.69, 9.17) is 4.74 Å². The van der Waals surface area contributed by atoms with Gasteiger partial charge in [-0.2, -0.15) is 0 Å². The molecule has 1 aromatic rings. The van der Waals surface area contributed by atoms with Crippen LogP contribution in [0.4, 0.5) is 0 Å². The van der Waals surface area contributed by atoms with Crippen molar-refractivity contribution in [3.05, 3.63) is 35.4 Å². The van der Waals surface area contributed by atoms with Gasteiger partial charge in [0.15, 0.2) is 0 Å². The molecule has 0 amide bonds. The average molecular weight is 275 g/mol. The van der Waals surface area contributed by atoms with Crippen LogP contribution in [0.5, 0.6) is 0 Å². The van der Waals surface area contributed by atoms with E-state index in [-0.39, 0.29) is 5.60 Å². The predicted octanol–water partition coefficient (Wildman–Crippen LogP) is 4.25. The summed E-state index contributed by atoms with van der Waals surface area (Å²) in [5.41, 5.74) is 2.72. The van der Waals surface area contributed by atoms with Gasteiger partial charge in [-0.3, -0.25) is 0 Å². The topological polar surface area (TPSA) is 21.3 Å². The van der Waals surface area contributed by atoms with Gasteiger partial charge in [-0.1, -0.05) is 44.5 Å². The van der Waals surface area contributed by atoms with E-state index >= 15 is 0 Å². The molecule has 2 unspecified atom stereocenters. The van der Waals surface area contributed by atoms with Crippen LogP contribution in [0.15, 0.2) is 24.3 Å². The van der Waals surface area contributed by atoms with Gasteiger partial charge in [0.25, 0.3) is 0 Å². The first-order valence-electron chi connectivity index (χ1n) is 8.16. The van der Waals surface area contributed by atoms with Gasteiger partial charge in [-0.05, 0) is 50.3 Å². The summed E-state index contributed by atoms with van der Waals surface area (Å²) >= 11 is 0. The standard InChI is InChI=1S/C18H29NO/c1-4-8-15-9-11-16(12-10-15)17(19-5-2)18(3)13-6-7-14-20-18/h9-12,17,19H,4-8,13-14H2,1-3H3. The van der Waals surface area contributed by atoms with Crippen LogP contribution in [-0.4, -0.2) is 18.8 Å². The number of hydrogen-bond donors (Lipinski definition) is 1. The summed E-state index contributed by atoms with van der Waals surface area (Å²) in [5.74, 6) is 0. The van der Waals surface area contributed by atoms with Crippen molar-refractivity contribution < 1.29 is 4.74 Å². The average Bonchev–Trinajstić information content (AvgIpc) is 2.47. The zero-order valence-electron chi connectivity index (χ0n) is 13.2. The Balaban J connectivity index is 2.18. The van der Waals surface area contributed by atoms with Crippen LogP contribution in [0.2, 0.25) is 0 Å². The lowest BCUT2D eigenvalue weighted by Gasteiger charge is -2.41. The second-order valence-corrected chi connectivity index (χ2v) is 6.10. The SMILES string of the molecule is CCCc1ccc(C(NCC)C2(C)CCCCO2)cc1. The van der Waals surface area contributed by atoms with E-state index in [1.807, 2.05) is 0 Å². The maximum atomic E-state index is 6.15. The molecule has 1 saturated heterocycles. The third kappa shape index (κ3) is 3.62. The number of aryl methyl sites for hydroxylation is 1. The highest BCUT2D eigenvalue weighted by molar-refractivity contribution is 5.27. The quantitative estimate of drug-likeness (QED) is 0.838. The summed E-state index contributed by atoms with van der Waals surface area (Å²) in [6.07, 6.45) is 5.98. The van der Waals surface area contributed by atoms with Crippen molar-refractivity contribution in [2.24, 2.45) is 0 Å². The minimum absolute atomic E-state index is 0.0689. The van der Waals surface area contributed by atoms with Gasteiger partial charge in [-0.25, -0.2) is 0 Å². The molecule has 2 atom stereocenters. The number of ether oxygens (including phenoxy) is 1. The highest BCUT2D eigenvalue weighted by Gasteiger charge is 2.37. The highest BCUT2D eigenvalue weighted by Crippen LogP contribution is 2.36. The molecule has 0 radical (unpaired) electrons. The van der Waals surface area contributed by atoms with Gasteiger partial charge < -0.3 is 10.1 Å². The van der Waals surface area contributed by atoms with Gasteiger partial charge in [0, 0.05) is 6.61 Å². The summed E-state index contributed by atoms with van der Waals surface area (Å²) in [6.45, 7) is 8.53. The molecule has 0 spiro atoms. The van der Waals surface area contributed by atoms with Crippen LogP contribution < -0.4 is 5.32 Å². The van der Waals surface area contributed by atoms with Crippen LogP contribution in [-0.2, 0) is 11.2 Å². The number of rotatable bonds is 6. The first kappa shape index (κ1) is 15.5. The Bertz CT molecular complexity index is 392. The Morgan fingerprint density at radius 3 is 2.50 bits per heavy atom. The van der Waals surface area contributed by atoms with E-state index in [0.717, 1.165) is 19.6 Å². The van der Waals surface area contributed by atoms with Gasteiger partial charge in [0.2, 0.25) is 0 Å². The molecule has 1 fully saturated rings. The molecule has 1 heterocycles. The van der Waals surface area contributed by atoms with E-state index in [1.165, 1.54) is 36.8 Å². The smallest absolute Gasteiger partial charge is 0.0848 e. The Kier molecular flexibility index (Phi) is 5.62. The molecule has 2 heteroatoms.